The van der Waals surface area contributed by atoms with Crippen LogP contribution in [-0.4, -0.2) is 23.0 Å². The first-order valence-corrected chi connectivity index (χ1v) is 6.37. The normalized spacial score (nSPS) is 22.2. The molecular formula is C14H18N2O3. The molecule has 0 aromatic heterocycles. The average Bonchev–Trinajstić information content (AvgIpc) is 2.75. The van der Waals surface area contributed by atoms with Crippen LogP contribution in [0.5, 0.6) is 0 Å². The second kappa shape index (κ2) is 5.40. The number of amides is 1. The van der Waals surface area contributed by atoms with Gasteiger partial charge in [-0.05, 0) is 49.9 Å². The number of rotatable bonds is 3. The van der Waals surface area contributed by atoms with Crippen molar-refractivity contribution in [2.45, 2.75) is 32.2 Å². The van der Waals surface area contributed by atoms with Gasteiger partial charge in [-0.15, -0.1) is 0 Å². The number of nitrogens with one attached hydrogen (secondary N) is 1. The summed E-state index contributed by atoms with van der Waals surface area (Å²) in [4.78, 5) is 22.9. The summed E-state index contributed by atoms with van der Waals surface area (Å²) < 4.78 is 0. The summed E-state index contributed by atoms with van der Waals surface area (Å²) in [5.41, 5.74) is 7.30. The van der Waals surface area contributed by atoms with Gasteiger partial charge in [0.05, 0.1) is 5.56 Å². The largest absolute Gasteiger partial charge is 0.478 e. The smallest absolute Gasteiger partial charge is 0.335 e. The molecule has 1 amide bonds. The molecule has 1 aliphatic carbocycles. The number of aromatic carboxylic acids is 1. The standard InChI is InChI=1S/C14H18N2O3/c1-8-6-11(4-5-12(8)14(18)19)16-13(17)9-2-3-10(15)7-9/h4-6,9-10H,2-3,7,15H2,1H3,(H,16,17)(H,18,19). The Labute approximate surface area is 111 Å². The third-order valence-electron chi connectivity index (χ3n) is 3.57. The van der Waals surface area contributed by atoms with Gasteiger partial charge in [-0.3, -0.25) is 4.79 Å². The zero-order valence-electron chi connectivity index (χ0n) is 10.8. The Morgan fingerprint density at radius 2 is 2.11 bits per heavy atom. The summed E-state index contributed by atoms with van der Waals surface area (Å²) in [6, 6.07) is 4.92. The quantitative estimate of drug-likeness (QED) is 0.773. The van der Waals surface area contributed by atoms with E-state index in [4.69, 9.17) is 10.8 Å². The highest BCUT2D eigenvalue weighted by molar-refractivity contribution is 5.94. The van der Waals surface area contributed by atoms with E-state index < -0.39 is 5.97 Å². The van der Waals surface area contributed by atoms with E-state index in [0.29, 0.717) is 11.3 Å². The van der Waals surface area contributed by atoms with Gasteiger partial charge in [-0.25, -0.2) is 4.79 Å². The Morgan fingerprint density at radius 1 is 1.37 bits per heavy atom. The number of carbonyl (C=O) groups is 2. The Bertz CT molecular complexity index is 513. The molecule has 0 bridgehead atoms. The van der Waals surface area contributed by atoms with Crippen molar-refractivity contribution in [3.05, 3.63) is 29.3 Å². The summed E-state index contributed by atoms with van der Waals surface area (Å²) in [5, 5.41) is 11.8. The van der Waals surface area contributed by atoms with E-state index in [9.17, 15) is 9.59 Å². The topological polar surface area (TPSA) is 92.4 Å². The third kappa shape index (κ3) is 3.12. The first kappa shape index (κ1) is 13.5. The summed E-state index contributed by atoms with van der Waals surface area (Å²) in [7, 11) is 0. The van der Waals surface area contributed by atoms with Gasteiger partial charge >= 0.3 is 5.97 Å². The molecule has 1 aromatic rings. The van der Waals surface area contributed by atoms with Gasteiger partial charge in [0.15, 0.2) is 0 Å². The number of anilines is 1. The molecule has 0 heterocycles. The number of hydrogen-bond donors (Lipinski definition) is 3. The van der Waals surface area contributed by atoms with Gasteiger partial charge in [0, 0.05) is 17.6 Å². The van der Waals surface area contributed by atoms with E-state index in [1.54, 1.807) is 19.1 Å². The third-order valence-corrected chi connectivity index (χ3v) is 3.57. The molecule has 5 nitrogen and oxygen atoms in total. The number of nitrogens with two attached hydrogens (primary N) is 1. The minimum Gasteiger partial charge on any atom is -0.478 e. The molecule has 102 valence electrons. The van der Waals surface area contributed by atoms with Crippen LogP contribution in [0.2, 0.25) is 0 Å². The molecule has 1 saturated carbocycles. The van der Waals surface area contributed by atoms with Crippen LogP contribution in [-0.2, 0) is 4.79 Å². The molecule has 0 aliphatic heterocycles. The van der Waals surface area contributed by atoms with Crippen molar-refractivity contribution >= 4 is 17.6 Å². The maximum atomic E-state index is 12.0. The van der Waals surface area contributed by atoms with Crippen molar-refractivity contribution in [2.75, 3.05) is 5.32 Å². The first-order valence-electron chi connectivity index (χ1n) is 6.37. The lowest BCUT2D eigenvalue weighted by Crippen LogP contribution is -2.23. The minimum absolute atomic E-state index is 0.0320. The van der Waals surface area contributed by atoms with Crippen LogP contribution in [0.4, 0.5) is 5.69 Å². The fraction of sp³-hybridized carbons (Fsp3) is 0.429. The Morgan fingerprint density at radius 3 is 2.63 bits per heavy atom. The van der Waals surface area contributed by atoms with Crippen molar-refractivity contribution in [3.8, 4) is 0 Å². The molecule has 0 spiro atoms. The second-order valence-corrected chi connectivity index (χ2v) is 5.09. The van der Waals surface area contributed by atoms with Crippen LogP contribution in [0.15, 0.2) is 18.2 Å². The van der Waals surface area contributed by atoms with E-state index in [2.05, 4.69) is 5.32 Å². The van der Waals surface area contributed by atoms with Crippen LogP contribution in [0, 0.1) is 12.8 Å². The summed E-state index contributed by atoms with van der Waals surface area (Å²) in [5.74, 6) is -1.03. The first-order chi connectivity index (χ1) is 8.97. The molecule has 0 saturated heterocycles. The number of benzene rings is 1. The van der Waals surface area contributed by atoms with Crippen LogP contribution >= 0.6 is 0 Å². The summed E-state index contributed by atoms with van der Waals surface area (Å²) in [6.45, 7) is 1.71. The number of hydrogen-bond acceptors (Lipinski definition) is 3. The van der Waals surface area contributed by atoms with Crippen LogP contribution in [0.1, 0.15) is 35.2 Å². The number of carboxylic acids is 1. The highest BCUT2D eigenvalue weighted by Crippen LogP contribution is 2.26. The summed E-state index contributed by atoms with van der Waals surface area (Å²) >= 11 is 0. The van der Waals surface area contributed by atoms with E-state index in [-0.39, 0.29) is 23.4 Å². The van der Waals surface area contributed by atoms with E-state index >= 15 is 0 Å². The van der Waals surface area contributed by atoms with Crippen LogP contribution < -0.4 is 11.1 Å². The van der Waals surface area contributed by atoms with Crippen molar-refractivity contribution < 1.29 is 14.7 Å². The van der Waals surface area contributed by atoms with Crippen molar-refractivity contribution in [2.24, 2.45) is 11.7 Å². The molecule has 2 rings (SSSR count). The molecule has 19 heavy (non-hydrogen) atoms. The monoisotopic (exact) mass is 262 g/mol. The SMILES string of the molecule is Cc1cc(NC(=O)C2CCC(N)C2)ccc1C(=O)O. The fourth-order valence-electron chi connectivity index (χ4n) is 2.48. The Hall–Kier alpha value is -1.88. The van der Waals surface area contributed by atoms with E-state index in [1.165, 1.54) is 6.07 Å². The van der Waals surface area contributed by atoms with Crippen LogP contribution in [0.25, 0.3) is 0 Å². The molecule has 1 aliphatic rings. The Kier molecular flexibility index (Phi) is 3.85. The van der Waals surface area contributed by atoms with Gasteiger partial charge < -0.3 is 16.2 Å². The zero-order valence-corrected chi connectivity index (χ0v) is 10.8. The molecule has 5 heteroatoms. The Balaban J connectivity index is 2.05. The zero-order chi connectivity index (χ0) is 14.0. The molecule has 1 aromatic carbocycles. The lowest BCUT2D eigenvalue weighted by molar-refractivity contribution is -0.119. The van der Waals surface area contributed by atoms with E-state index in [0.717, 1.165) is 19.3 Å². The molecular weight excluding hydrogens is 244 g/mol. The minimum atomic E-state index is -0.961. The van der Waals surface area contributed by atoms with Crippen molar-refractivity contribution in [3.63, 3.8) is 0 Å². The summed E-state index contributed by atoms with van der Waals surface area (Å²) in [6.07, 6.45) is 2.42. The van der Waals surface area contributed by atoms with Gasteiger partial charge in [0.1, 0.15) is 0 Å². The highest BCUT2D eigenvalue weighted by atomic mass is 16.4. The number of aryl methyl sites for hydroxylation is 1. The number of carbonyl (C=O) groups excluding carboxylic acids is 1. The average molecular weight is 262 g/mol. The molecule has 1 fully saturated rings. The van der Waals surface area contributed by atoms with Crippen molar-refractivity contribution in [1.82, 2.24) is 0 Å². The lowest BCUT2D eigenvalue weighted by atomic mass is 10.1. The lowest BCUT2D eigenvalue weighted by Gasteiger charge is -2.12. The molecule has 0 radical (unpaired) electrons. The number of carboxylic acid groups (broad SMARTS) is 1. The maximum Gasteiger partial charge on any atom is 0.335 e. The van der Waals surface area contributed by atoms with Gasteiger partial charge in [0.25, 0.3) is 0 Å². The molecule has 2 atom stereocenters. The fourth-order valence-corrected chi connectivity index (χ4v) is 2.48. The molecule has 2 unspecified atom stereocenters. The van der Waals surface area contributed by atoms with Gasteiger partial charge in [-0.2, -0.15) is 0 Å². The van der Waals surface area contributed by atoms with E-state index in [1.807, 2.05) is 0 Å². The highest BCUT2D eigenvalue weighted by Gasteiger charge is 2.27. The molecule has 4 N–H and O–H groups in total. The predicted molar refractivity (Wildman–Crippen MR) is 72.1 cm³/mol. The maximum absolute atomic E-state index is 12.0. The predicted octanol–water partition coefficient (Wildman–Crippen LogP) is 1.76. The van der Waals surface area contributed by atoms with Crippen LogP contribution in [0.3, 0.4) is 0 Å². The van der Waals surface area contributed by atoms with Gasteiger partial charge in [0.2, 0.25) is 5.91 Å². The van der Waals surface area contributed by atoms with Crippen molar-refractivity contribution in [1.29, 1.82) is 0 Å². The van der Waals surface area contributed by atoms with Gasteiger partial charge in [-0.1, -0.05) is 0 Å². The second-order valence-electron chi connectivity index (χ2n) is 5.09.